The van der Waals surface area contributed by atoms with Crippen molar-refractivity contribution in [2.45, 2.75) is 39.9 Å². The summed E-state index contributed by atoms with van der Waals surface area (Å²) in [5.74, 6) is -1.83. The molecule has 1 amide bonds. The van der Waals surface area contributed by atoms with Crippen LogP contribution in [-0.2, 0) is 19.1 Å². The summed E-state index contributed by atoms with van der Waals surface area (Å²) < 4.78 is 24.0. The summed E-state index contributed by atoms with van der Waals surface area (Å²) >= 11 is 0. The van der Waals surface area contributed by atoms with Crippen molar-refractivity contribution in [3.63, 3.8) is 0 Å². The number of carbonyl (C=O) groups excluding carboxylic acids is 2. The second-order valence-corrected chi connectivity index (χ2v) is 5.82. The number of hydrogen-bond donors (Lipinski definition) is 1. The van der Waals surface area contributed by atoms with Gasteiger partial charge in [-0.05, 0) is 37.5 Å². The number of anilines is 1. The van der Waals surface area contributed by atoms with Crippen LogP contribution in [0.2, 0.25) is 0 Å². The lowest BCUT2D eigenvalue weighted by Gasteiger charge is -2.22. The van der Waals surface area contributed by atoms with E-state index >= 15 is 0 Å². The van der Waals surface area contributed by atoms with Crippen molar-refractivity contribution in [2.75, 3.05) is 11.9 Å². The molecule has 132 valence electrons. The van der Waals surface area contributed by atoms with Crippen LogP contribution in [0.1, 0.15) is 26.3 Å². The fourth-order valence-electron chi connectivity index (χ4n) is 1.88. The Balaban J connectivity index is 2.76. The van der Waals surface area contributed by atoms with Crippen molar-refractivity contribution in [1.29, 1.82) is 0 Å². The van der Waals surface area contributed by atoms with E-state index in [4.69, 9.17) is 9.47 Å². The number of rotatable bonds is 8. The molecule has 0 bridgehead atoms. The Morgan fingerprint density at radius 3 is 2.54 bits per heavy atom. The van der Waals surface area contributed by atoms with Crippen molar-refractivity contribution in [1.82, 2.24) is 0 Å². The van der Waals surface area contributed by atoms with E-state index in [1.165, 1.54) is 19.1 Å². The molecule has 1 aromatic carbocycles. The second-order valence-electron chi connectivity index (χ2n) is 5.82. The van der Waals surface area contributed by atoms with Crippen molar-refractivity contribution >= 4 is 17.6 Å². The number of hydrogen-bond acceptors (Lipinski definition) is 4. The molecule has 0 aliphatic carbocycles. The van der Waals surface area contributed by atoms with Gasteiger partial charge in [-0.15, -0.1) is 6.58 Å². The maximum atomic E-state index is 13.6. The van der Waals surface area contributed by atoms with E-state index in [2.05, 4.69) is 11.9 Å². The smallest absolute Gasteiger partial charge is 0.335 e. The summed E-state index contributed by atoms with van der Waals surface area (Å²) in [7, 11) is 0. The molecule has 2 unspecified atom stereocenters. The zero-order valence-corrected chi connectivity index (χ0v) is 14.5. The highest BCUT2D eigenvalue weighted by Crippen LogP contribution is 2.16. The molecule has 0 aliphatic rings. The molecule has 0 spiro atoms. The topological polar surface area (TPSA) is 64.6 Å². The number of amides is 1. The lowest BCUT2D eigenvalue weighted by molar-refractivity contribution is -0.166. The molecular formula is C18H24FNO4. The molecule has 0 radical (unpaired) electrons. The van der Waals surface area contributed by atoms with E-state index in [1.54, 1.807) is 32.9 Å². The Kier molecular flexibility index (Phi) is 7.58. The predicted octanol–water partition coefficient (Wildman–Crippen LogP) is 3.23. The number of carbonyl (C=O) groups is 2. The second kappa shape index (κ2) is 9.17. The number of aryl methyl sites for hydroxylation is 1. The zero-order chi connectivity index (χ0) is 18.3. The lowest BCUT2D eigenvalue weighted by Crippen LogP contribution is -2.39. The first kappa shape index (κ1) is 19.8. The molecular weight excluding hydrogens is 313 g/mol. The van der Waals surface area contributed by atoms with Crippen molar-refractivity contribution in [2.24, 2.45) is 5.92 Å². The van der Waals surface area contributed by atoms with Crippen LogP contribution in [0.3, 0.4) is 0 Å². The van der Waals surface area contributed by atoms with Crippen molar-refractivity contribution in [3.05, 3.63) is 42.2 Å². The molecule has 1 aromatic rings. The minimum atomic E-state index is -1.00. The van der Waals surface area contributed by atoms with E-state index in [-0.39, 0.29) is 12.5 Å². The number of ether oxygens (including phenoxy) is 2. The molecule has 24 heavy (non-hydrogen) atoms. The maximum absolute atomic E-state index is 13.6. The molecule has 0 heterocycles. The van der Waals surface area contributed by atoms with Gasteiger partial charge in [-0.3, -0.25) is 4.79 Å². The average molecular weight is 337 g/mol. The van der Waals surface area contributed by atoms with Crippen LogP contribution in [-0.4, -0.2) is 30.7 Å². The van der Waals surface area contributed by atoms with Gasteiger partial charge in [-0.25, -0.2) is 9.18 Å². The van der Waals surface area contributed by atoms with Gasteiger partial charge in [-0.2, -0.15) is 0 Å². The summed E-state index contributed by atoms with van der Waals surface area (Å²) in [6, 6.07) is 4.38. The average Bonchev–Trinajstić information content (AvgIpc) is 2.52. The van der Waals surface area contributed by atoms with E-state index in [1.807, 2.05) is 0 Å². The van der Waals surface area contributed by atoms with Gasteiger partial charge in [-0.1, -0.05) is 26.0 Å². The normalized spacial score (nSPS) is 13.2. The van der Waals surface area contributed by atoms with Crippen LogP contribution < -0.4 is 5.32 Å². The van der Waals surface area contributed by atoms with Crippen LogP contribution in [0.4, 0.5) is 10.1 Å². The first-order chi connectivity index (χ1) is 11.3. The summed E-state index contributed by atoms with van der Waals surface area (Å²) in [6.45, 7) is 10.4. The van der Waals surface area contributed by atoms with Crippen LogP contribution in [0.5, 0.6) is 0 Å². The molecule has 1 N–H and O–H groups in total. The lowest BCUT2D eigenvalue weighted by atomic mass is 10.1. The minimum Gasteiger partial charge on any atom is -0.450 e. The highest BCUT2D eigenvalue weighted by Gasteiger charge is 2.29. The van der Waals surface area contributed by atoms with E-state index in [0.717, 1.165) is 0 Å². The maximum Gasteiger partial charge on any atom is 0.335 e. The predicted molar refractivity (Wildman–Crippen MR) is 90.1 cm³/mol. The Bertz CT molecular complexity index is 601. The third-order valence-corrected chi connectivity index (χ3v) is 3.34. The highest BCUT2D eigenvalue weighted by atomic mass is 19.1. The van der Waals surface area contributed by atoms with E-state index in [0.29, 0.717) is 11.3 Å². The molecule has 0 fully saturated rings. The molecule has 6 heteroatoms. The van der Waals surface area contributed by atoms with Gasteiger partial charge in [0.1, 0.15) is 5.82 Å². The van der Waals surface area contributed by atoms with Crippen LogP contribution in [0.15, 0.2) is 30.9 Å². The SMILES string of the molecule is C=CCOC(C)C(=O)OC(C(=O)Nc1ccc(C)c(F)c1)C(C)C. The fraction of sp³-hybridized carbons (Fsp3) is 0.444. The van der Waals surface area contributed by atoms with E-state index < -0.39 is 29.9 Å². The molecule has 1 rings (SSSR count). The quantitative estimate of drug-likeness (QED) is 0.584. The molecule has 0 aromatic heterocycles. The number of esters is 1. The fourth-order valence-corrected chi connectivity index (χ4v) is 1.88. The largest absolute Gasteiger partial charge is 0.450 e. The Morgan fingerprint density at radius 2 is 2.00 bits per heavy atom. The Labute approximate surface area is 141 Å². The van der Waals surface area contributed by atoms with Gasteiger partial charge < -0.3 is 14.8 Å². The first-order valence-corrected chi connectivity index (χ1v) is 7.76. The van der Waals surface area contributed by atoms with Crippen LogP contribution >= 0.6 is 0 Å². The molecule has 0 saturated heterocycles. The zero-order valence-electron chi connectivity index (χ0n) is 14.5. The third kappa shape index (κ3) is 5.77. The van der Waals surface area contributed by atoms with Gasteiger partial charge in [0.15, 0.2) is 12.2 Å². The minimum absolute atomic E-state index is 0.206. The first-order valence-electron chi connectivity index (χ1n) is 7.76. The Morgan fingerprint density at radius 1 is 1.33 bits per heavy atom. The summed E-state index contributed by atoms with van der Waals surface area (Å²) in [5, 5.41) is 2.57. The van der Waals surface area contributed by atoms with Crippen molar-refractivity contribution in [3.8, 4) is 0 Å². The van der Waals surface area contributed by atoms with Gasteiger partial charge in [0, 0.05) is 5.69 Å². The molecule has 5 nitrogen and oxygen atoms in total. The van der Waals surface area contributed by atoms with Gasteiger partial charge >= 0.3 is 5.97 Å². The van der Waals surface area contributed by atoms with Crippen LogP contribution in [0, 0.1) is 18.7 Å². The summed E-state index contributed by atoms with van der Waals surface area (Å²) in [4.78, 5) is 24.4. The highest BCUT2D eigenvalue weighted by molar-refractivity contribution is 5.95. The molecule has 2 atom stereocenters. The van der Waals surface area contributed by atoms with E-state index in [9.17, 15) is 14.0 Å². The van der Waals surface area contributed by atoms with Crippen molar-refractivity contribution < 1.29 is 23.5 Å². The number of halogens is 1. The number of nitrogens with one attached hydrogen (secondary N) is 1. The van der Waals surface area contributed by atoms with Gasteiger partial charge in [0.2, 0.25) is 0 Å². The molecule has 0 aliphatic heterocycles. The summed E-state index contributed by atoms with van der Waals surface area (Å²) in [5.41, 5.74) is 0.786. The van der Waals surface area contributed by atoms with Gasteiger partial charge in [0.25, 0.3) is 5.91 Å². The third-order valence-electron chi connectivity index (χ3n) is 3.34. The van der Waals surface area contributed by atoms with Gasteiger partial charge in [0.05, 0.1) is 6.61 Å². The van der Waals surface area contributed by atoms with Crippen LogP contribution in [0.25, 0.3) is 0 Å². The number of benzene rings is 1. The standard InChI is InChI=1S/C18H24FNO4/c1-6-9-23-13(5)18(22)24-16(11(2)3)17(21)20-14-8-7-12(4)15(19)10-14/h6-8,10-11,13,16H,1,9H2,2-5H3,(H,20,21). The summed E-state index contributed by atoms with van der Waals surface area (Å²) in [6.07, 6.45) is -0.298. The Hall–Kier alpha value is -2.21. The molecule has 0 saturated carbocycles. The monoisotopic (exact) mass is 337 g/mol.